The van der Waals surface area contributed by atoms with E-state index < -0.39 is 11.8 Å². The van der Waals surface area contributed by atoms with Crippen LogP contribution in [0.25, 0.3) is 11.4 Å². The second-order valence-electron chi connectivity index (χ2n) is 8.45. The summed E-state index contributed by atoms with van der Waals surface area (Å²) in [4.78, 5) is 38.4. The number of nitrogens with one attached hydrogen (secondary N) is 2. The highest BCUT2D eigenvalue weighted by atomic mass is 16.2. The number of tetrazole rings is 1. The molecule has 0 fully saturated rings. The first-order valence-electron chi connectivity index (χ1n) is 11.5. The van der Waals surface area contributed by atoms with E-state index in [0.717, 1.165) is 22.3 Å². The van der Waals surface area contributed by atoms with Gasteiger partial charge in [0.2, 0.25) is 11.7 Å². The molecule has 0 atom stereocenters. The molecule has 0 saturated heterocycles. The zero-order valence-electron chi connectivity index (χ0n) is 20.1. The molecule has 3 aromatic carbocycles. The maximum absolute atomic E-state index is 12.4. The second-order valence-corrected chi connectivity index (χ2v) is 8.45. The van der Waals surface area contributed by atoms with Crippen LogP contribution >= 0.6 is 0 Å². The normalized spacial score (nSPS) is 10.6. The number of aromatic nitrogens is 4. The summed E-state index contributed by atoms with van der Waals surface area (Å²) >= 11 is 0. The molecule has 0 aliphatic heterocycles. The zero-order chi connectivity index (χ0) is 25.5. The van der Waals surface area contributed by atoms with Crippen LogP contribution in [-0.4, -0.2) is 37.8 Å². The van der Waals surface area contributed by atoms with Crippen molar-refractivity contribution in [3.63, 3.8) is 0 Å². The average molecular weight is 483 g/mol. The number of hydrazine groups is 1. The minimum atomic E-state index is -0.457. The minimum absolute atomic E-state index is 0.0265. The number of ketones is 1. The van der Waals surface area contributed by atoms with E-state index in [4.69, 9.17) is 0 Å². The third-order valence-electron chi connectivity index (χ3n) is 5.61. The number of carbonyl (C=O) groups excluding carboxylic acids is 3. The van der Waals surface area contributed by atoms with E-state index in [1.165, 1.54) is 4.80 Å². The Labute approximate surface area is 208 Å². The van der Waals surface area contributed by atoms with Gasteiger partial charge in [0.15, 0.2) is 5.78 Å². The minimum Gasteiger partial charge on any atom is -0.294 e. The fourth-order valence-electron chi connectivity index (χ4n) is 3.60. The molecule has 0 saturated carbocycles. The quantitative estimate of drug-likeness (QED) is 0.293. The summed E-state index contributed by atoms with van der Waals surface area (Å²) in [7, 11) is 0. The van der Waals surface area contributed by atoms with Gasteiger partial charge in [-0.3, -0.25) is 25.2 Å². The van der Waals surface area contributed by atoms with Gasteiger partial charge in [-0.25, -0.2) is 0 Å². The van der Waals surface area contributed by atoms with E-state index in [9.17, 15) is 14.4 Å². The van der Waals surface area contributed by atoms with E-state index in [2.05, 4.69) is 26.3 Å². The van der Waals surface area contributed by atoms with Gasteiger partial charge in [-0.05, 0) is 48.4 Å². The molecule has 0 aliphatic rings. The highest BCUT2D eigenvalue weighted by Crippen LogP contribution is 2.14. The number of benzene rings is 3. The van der Waals surface area contributed by atoms with Gasteiger partial charge >= 0.3 is 0 Å². The molecule has 4 aromatic rings. The Hall–Kier alpha value is -4.66. The van der Waals surface area contributed by atoms with Crippen molar-refractivity contribution < 1.29 is 14.4 Å². The van der Waals surface area contributed by atoms with Crippen molar-refractivity contribution in [1.29, 1.82) is 0 Å². The number of hydrogen-bond donors (Lipinski definition) is 2. The number of carbonyl (C=O) groups is 3. The predicted octanol–water partition coefficient (Wildman–Crippen LogP) is 3.43. The lowest BCUT2D eigenvalue weighted by molar-refractivity contribution is -0.121. The van der Waals surface area contributed by atoms with Crippen LogP contribution in [0.1, 0.15) is 50.2 Å². The molecule has 0 unspecified atom stereocenters. The van der Waals surface area contributed by atoms with Crippen LogP contribution in [0.5, 0.6) is 0 Å². The SMILES string of the molecule is Cc1ccc(C)c(C(=O)CCC(=O)NNC(=O)c2ccc(Cn3nnc(-c4ccccc4)n3)cc2)c1. The van der Waals surface area contributed by atoms with Gasteiger partial charge in [0.25, 0.3) is 5.91 Å². The zero-order valence-corrected chi connectivity index (χ0v) is 20.1. The lowest BCUT2D eigenvalue weighted by Crippen LogP contribution is -2.41. The van der Waals surface area contributed by atoms with Crippen LogP contribution in [-0.2, 0) is 11.3 Å². The van der Waals surface area contributed by atoms with Crippen LogP contribution in [0.3, 0.4) is 0 Å². The monoisotopic (exact) mass is 482 g/mol. The predicted molar refractivity (Wildman–Crippen MR) is 134 cm³/mol. The van der Waals surface area contributed by atoms with E-state index in [1.54, 1.807) is 24.3 Å². The summed E-state index contributed by atoms with van der Waals surface area (Å²) in [6, 6.07) is 22.1. The van der Waals surface area contributed by atoms with E-state index in [0.29, 0.717) is 23.5 Å². The molecule has 4 rings (SSSR count). The Morgan fingerprint density at radius 1 is 0.861 bits per heavy atom. The lowest BCUT2D eigenvalue weighted by atomic mass is 9.99. The summed E-state index contributed by atoms with van der Waals surface area (Å²) in [5, 5.41) is 12.5. The molecule has 2 N–H and O–H groups in total. The number of aryl methyl sites for hydroxylation is 2. The summed E-state index contributed by atoms with van der Waals surface area (Å²) in [6.07, 6.45) is 0.0321. The standard InChI is InChI=1S/C27H26N6O3/c1-18-8-9-19(2)23(16-18)24(34)14-15-25(35)28-30-27(36)22-12-10-20(11-13-22)17-33-31-26(29-32-33)21-6-4-3-5-7-21/h3-13,16H,14-15,17H2,1-2H3,(H,28,35)(H,30,36). The van der Waals surface area contributed by atoms with Crippen molar-refractivity contribution in [3.05, 3.63) is 101 Å². The van der Waals surface area contributed by atoms with Crippen LogP contribution in [0.15, 0.2) is 72.8 Å². The largest absolute Gasteiger partial charge is 0.294 e. The highest BCUT2D eigenvalue weighted by Gasteiger charge is 2.13. The summed E-state index contributed by atoms with van der Waals surface area (Å²) in [5.41, 5.74) is 9.37. The topological polar surface area (TPSA) is 119 Å². The number of amides is 2. The van der Waals surface area contributed by atoms with E-state index in [-0.39, 0.29) is 18.6 Å². The van der Waals surface area contributed by atoms with Crippen molar-refractivity contribution >= 4 is 17.6 Å². The van der Waals surface area contributed by atoms with Crippen LogP contribution in [0, 0.1) is 13.8 Å². The van der Waals surface area contributed by atoms with E-state index in [1.807, 2.05) is 62.4 Å². The molecule has 9 heteroatoms. The maximum atomic E-state index is 12.4. The fraction of sp³-hybridized carbons (Fsp3) is 0.185. The Morgan fingerprint density at radius 3 is 2.36 bits per heavy atom. The number of Topliss-reactive ketones (excluding diaryl/α,β-unsaturated/α-hetero) is 1. The molecule has 1 aromatic heterocycles. The first-order chi connectivity index (χ1) is 17.4. The highest BCUT2D eigenvalue weighted by molar-refractivity contribution is 6.00. The molecular weight excluding hydrogens is 456 g/mol. The van der Waals surface area contributed by atoms with Crippen molar-refractivity contribution in [3.8, 4) is 11.4 Å². The van der Waals surface area contributed by atoms with Gasteiger partial charge in [0, 0.05) is 29.5 Å². The third-order valence-corrected chi connectivity index (χ3v) is 5.61. The molecule has 36 heavy (non-hydrogen) atoms. The molecule has 182 valence electrons. The Morgan fingerprint density at radius 2 is 1.61 bits per heavy atom. The van der Waals surface area contributed by atoms with Crippen LogP contribution < -0.4 is 10.9 Å². The van der Waals surface area contributed by atoms with Crippen molar-refractivity contribution in [2.24, 2.45) is 0 Å². The summed E-state index contributed by atoms with van der Waals surface area (Å²) in [5.74, 6) is -0.463. The summed E-state index contributed by atoms with van der Waals surface area (Å²) < 4.78 is 0. The molecule has 9 nitrogen and oxygen atoms in total. The molecule has 0 spiro atoms. The molecule has 0 bridgehead atoms. The first-order valence-corrected chi connectivity index (χ1v) is 11.5. The van der Waals surface area contributed by atoms with Gasteiger partial charge in [-0.1, -0.05) is 60.2 Å². The molecule has 0 radical (unpaired) electrons. The van der Waals surface area contributed by atoms with E-state index >= 15 is 0 Å². The molecular formula is C27H26N6O3. The van der Waals surface area contributed by atoms with Gasteiger partial charge in [-0.15, -0.1) is 10.2 Å². The first kappa shape index (κ1) is 24.5. The van der Waals surface area contributed by atoms with Crippen LogP contribution in [0.4, 0.5) is 0 Å². The lowest BCUT2D eigenvalue weighted by Gasteiger charge is -2.09. The Balaban J connectivity index is 1.25. The van der Waals surface area contributed by atoms with Gasteiger partial charge in [-0.2, -0.15) is 4.80 Å². The number of rotatable bonds is 8. The fourth-order valence-corrected chi connectivity index (χ4v) is 3.60. The smallest absolute Gasteiger partial charge is 0.269 e. The maximum Gasteiger partial charge on any atom is 0.269 e. The van der Waals surface area contributed by atoms with Crippen molar-refractivity contribution in [2.45, 2.75) is 33.2 Å². The molecule has 2 amide bonds. The average Bonchev–Trinajstić information content (AvgIpc) is 3.36. The Bertz CT molecular complexity index is 1380. The second kappa shape index (κ2) is 11.2. The van der Waals surface area contributed by atoms with Crippen molar-refractivity contribution in [2.75, 3.05) is 0 Å². The van der Waals surface area contributed by atoms with Gasteiger partial charge < -0.3 is 0 Å². The number of hydrogen-bond acceptors (Lipinski definition) is 6. The van der Waals surface area contributed by atoms with Crippen LogP contribution in [0.2, 0.25) is 0 Å². The number of nitrogens with zero attached hydrogens (tertiary/aromatic N) is 4. The molecule has 0 aliphatic carbocycles. The third kappa shape index (κ3) is 6.26. The summed E-state index contributed by atoms with van der Waals surface area (Å²) in [6.45, 7) is 4.17. The Kier molecular flexibility index (Phi) is 7.60. The molecule has 1 heterocycles. The van der Waals surface area contributed by atoms with Gasteiger partial charge in [0.1, 0.15) is 0 Å². The van der Waals surface area contributed by atoms with Crippen molar-refractivity contribution in [1.82, 2.24) is 31.1 Å². The van der Waals surface area contributed by atoms with Gasteiger partial charge in [0.05, 0.1) is 6.54 Å².